The summed E-state index contributed by atoms with van der Waals surface area (Å²) in [6.45, 7) is 1.90. The van der Waals surface area contributed by atoms with Crippen LogP contribution < -0.4 is 15.4 Å². The lowest BCUT2D eigenvalue weighted by molar-refractivity contribution is -0.126. The highest BCUT2D eigenvalue weighted by molar-refractivity contribution is 5.89. The van der Waals surface area contributed by atoms with Crippen molar-refractivity contribution in [3.63, 3.8) is 0 Å². The molecule has 1 aromatic carbocycles. The molecule has 1 atom stereocenters. The van der Waals surface area contributed by atoms with Crippen LogP contribution in [-0.2, 0) is 16.0 Å². The smallest absolute Gasteiger partial charge is 0.227 e. The highest BCUT2D eigenvalue weighted by Crippen LogP contribution is 2.30. The Morgan fingerprint density at radius 3 is 2.80 bits per heavy atom. The van der Waals surface area contributed by atoms with Gasteiger partial charge in [-0.05, 0) is 43.0 Å². The SMILES string of the molecule is CC(=O)Nc1ccc2c(c1)CC(C(=O)NC1CC1)CO2. The lowest BCUT2D eigenvalue weighted by atomic mass is 9.95. The molecule has 1 unspecified atom stereocenters. The zero-order valence-electron chi connectivity index (χ0n) is 11.4. The van der Waals surface area contributed by atoms with E-state index in [1.807, 2.05) is 18.2 Å². The van der Waals surface area contributed by atoms with Crippen LogP contribution in [0.25, 0.3) is 0 Å². The molecule has 1 heterocycles. The molecule has 1 aliphatic heterocycles. The first-order chi connectivity index (χ1) is 9.61. The van der Waals surface area contributed by atoms with E-state index < -0.39 is 0 Å². The predicted molar refractivity (Wildman–Crippen MR) is 74.6 cm³/mol. The molecular weight excluding hydrogens is 256 g/mol. The molecule has 1 saturated carbocycles. The van der Waals surface area contributed by atoms with Crippen molar-refractivity contribution in [2.45, 2.75) is 32.2 Å². The van der Waals surface area contributed by atoms with Gasteiger partial charge in [-0.15, -0.1) is 0 Å². The fourth-order valence-electron chi connectivity index (χ4n) is 2.39. The number of rotatable bonds is 3. The predicted octanol–water partition coefficient (Wildman–Crippen LogP) is 1.47. The Labute approximate surface area is 117 Å². The maximum absolute atomic E-state index is 12.1. The van der Waals surface area contributed by atoms with Gasteiger partial charge < -0.3 is 15.4 Å². The second kappa shape index (κ2) is 5.15. The van der Waals surface area contributed by atoms with Gasteiger partial charge >= 0.3 is 0 Å². The first-order valence-corrected chi connectivity index (χ1v) is 6.95. The number of ether oxygens (including phenoxy) is 1. The minimum absolute atomic E-state index is 0.0723. The van der Waals surface area contributed by atoms with E-state index in [1.54, 1.807) is 0 Å². The van der Waals surface area contributed by atoms with Crippen LogP contribution in [0.4, 0.5) is 5.69 Å². The van der Waals surface area contributed by atoms with Crippen molar-refractivity contribution in [2.75, 3.05) is 11.9 Å². The summed E-state index contributed by atoms with van der Waals surface area (Å²) < 4.78 is 5.65. The summed E-state index contributed by atoms with van der Waals surface area (Å²) in [7, 11) is 0. The van der Waals surface area contributed by atoms with E-state index in [2.05, 4.69) is 10.6 Å². The Balaban J connectivity index is 1.71. The molecule has 2 N–H and O–H groups in total. The van der Waals surface area contributed by atoms with Gasteiger partial charge in [-0.25, -0.2) is 0 Å². The first kappa shape index (κ1) is 13.0. The van der Waals surface area contributed by atoms with Crippen molar-refractivity contribution in [3.8, 4) is 5.75 Å². The van der Waals surface area contributed by atoms with E-state index in [9.17, 15) is 9.59 Å². The van der Waals surface area contributed by atoms with Gasteiger partial charge in [-0.2, -0.15) is 0 Å². The maximum atomic E-state index is 12.1. The summed E-state index contributed by atoms with van der Waals surface area (Å²) in [6.07, 6.45) is 2.83. The second-order valence-electron chi connectivity index (χ2n) is 5.50. The molecule has 2 aliphatic rings. The molecule has 5 heteroatoms. The zero-order valence-corrected chi connectivity index (χ0v) is 11.4. The second-order valence-corrected chi connectivity index (χ2v) is 5.50. The van der Waals surface area contributed by atoms with Gasteiger partial charge in [0.25, 0.3) is 0 Å². The Hall–Kier alpha value is -2.04. The zero-order chi connectivity index (χ0) is 14.1. The molecule has 0 radical (unpaired) electrons. The van der Waals surface area contributed by atoms with Crippen molar-refractivity contribution >= 4 is 17.5 Å². The quantitative estimate of drug-likeness (QED) is 0.877. The van der Waals surface area contributed by atoms with Gasteiger partial charge in [-0.3, -0.25) is 9.59 Å². The molecule has 5 nitrogen and oxygen atoms in total. The third kappa shape index (κ3) is 2.92. The topological polar surface area (TPSA) is 67.4 Å². The Morgan fingerprint density at radius 1 is 1.30 bits per heavy atom. The largest absolute Gasteiger partial charge is 0.492 e. The molecular formula is C15H18N2O3. The number of carbonyl (C=O) groups excluding carboxylic acids is 2. The van der Waals surface area contributed by atoms with Gasteiger partial charge in [0, 0.05) is 18.7 Å². The molecule has 3 rings (SSSR count). The fraction of sp³-hybridized carbons (Fsp3) is 0.467. The molecule has 0 spiro atoms. The Bertz CT molecular complexity index is 552. The number of nitrogens with one attached hydrogen (secondary N) is 2. The van der Waals surface area contributed by atoms with Crippen LogP contribution in [0, 0.1) is 5.92 Å². The Morgan fingerprint density at radius 2 is 2.10 bits per heavy atom. The number of hydrogen-bond acceptors (Lipinski definition) is 3. The van der Waals surface area contributed by atoms with Gasteiger partial charge in [0.1, 0.15) is 12.4 Å². The third-order valence-electron chi connectivity index (χ3n) is 3.58. The van der Waals surface area contributed by atoms with Crippen LogP contribution >= 0.6 is 0 Å². The molecule has 2 amide bonds. The molecule has 1 fully saturated rings. The van der Waals surface area contributed by atoms with Crippen molar-refractivity contribution in [1.82, 2.24) is 5.32 Å². The van der Waals surface area contributed by atoms with Gasteiger partial charge in [0.05, 0.1) is 5.92 Å². The van der Waals surface area contributed by atoms with Crippen molar-refractivity contribution in [3.05, 3.63) is 23.8 Å². The lowest BCUT2D eigenvalue weighted by Crippen LogP contribution is -2.38. The molecule has 1 aromatic rings. The number of anilines is 1. The van der Waals surface area contributed by atoms with E-state index in [0.29, 0.717) is 19.1 Å². The minimum atomic E-state index is -0.143. The molecule has 0 saturated heterocycles. The van der Waals surface area contributed by atoms with Crippen LogP contribution in [0.1, 0.15) is 25.3 Å². The lowest BCUT2D eigenvalue weighted by Gasteiger charge is -2.25. The summed E-state index contributed by atoms with van der Waals surface area (Å²) in [6, 6.07) is 5.91. The van der Waals surface area contributed by atoms with Crippen molar-refractivity contribution in [2.24, 2.45) is 5.92 Å². The summed E-state index contributed by atoms with van der Waals surface area (Å²) >= 11 is 0. The average molecular weight is 274 g/mol. The van der Waals surface area contributed by atoms with Gasteiger partial charge in [0.2, 0.25) is 11.8 Å². The summed E-state index contributed by atoms with van der Waals surface area (Å²) in [4.78, 5) is 23.1. The van der Waals surface area contributed by atoms with Crippen LogP contribution in [0.5, 0.6) is 5.75 Å². The van der Waals surface area contributed by atoms with Crippen molar-refractivity contribution < 1.29 is 14.3 Å². The normalized spacial score (nSPS) is 20.6. The van der Waals surface area contributed by atoms with Crippen LogP contribution in [0.15, 0.2) is 18.2 Å². The molecule has 0 aromatic heterocycles. The van der Waals surface area contributed by atoms with Crippen LogP contribution in [0.2, 0.25) is 0 Å². The fourth-order valence-corrected chi connectivity index (χ4v) is 2.39. The number of fused-ring (bicyclic) bond motifs is 1. The van der Waals surface area contributed by atoms with Crippen LogP contribution in [0.3, 0.4) is 0 Å². The standard InChI is InChI=1S/C15H18N2O3/c1-9(18)16-13-4-5-14-10(7-13)6-11(8-20-14)15(19)17-12-2-3-12/h4-5,7,11-12H,2-3,6,8H2,1H3,(H,16,18)(H,17,19). The number of amides is 2. The maximum Gasteiger partial charge on any atom is 0.227 e. The summed E-state index contributed by atoms with van der Waals surface area (Å²) in [5.74, 6) is 0.623. The molecule has 1 aliphatic carbocycles. The Kier molecular flexibility index (Phi) is 3.34. The number of carbonyl (C=O) groups is 2. The highest BCUT2D eigenvalue weighted by Gasteiger charge is 2.30. The average Bonchev–Trinajstić information content (AvgIpc) is 3.21. The number of benzene rings is 1. The first-order valence-electron chi connectivity index (χ1n) is 6.95. The minimum Gasteiger partial charge on any atom is -0.492 e. The monoisotopic (exact) mass is 274 g/mol. The van der Waals surface area contributed by atoms with E-state index in [4.69, 9.17) is 4.74 Å². The summed E-state index contributed by atoms with van der Waals surface area (Å²) in [5.41, 5.74) is 1.71. The number of hydrogen-bond donors (Lipinski definition) is 2. The van der Waals surface area contributed by atoms with Gasteiger partial charge in [0.15, 0.2) is 0 Å². The molecule has 0 bridgehead atoms. The van der Waals surface area contributed by atoms with E-state index in [1.165, 1.54) is 6.92 Å². The van der Waals surface area contributed by atoms with Crippen molar-refractivity contribution in [1.29, 1.82) is 0 Å². The summed E-state index contributed by atoms with van der Waals surface area (Å²) in [5, 5.41) is 5.76. The third-order valence-corrected chi connectivity index (χ3v) is 3.58. The van der Waals surface area contributed by atoms with E-state index in [-0.39, 0.29) is 17.7 Å². The van der Waals surface area contributed by atoms with E-state index >= 15 is 0 Å². The van der Waals surface area contributed by atoms with Crippen LogP contribution in [-0.4, -0.2) is 24.5 Å². The highest BCUT2D eigenvalue weighted by atomic mass is 16.5. The van der Waals surface area contributed by atoms with E-state index in [0.717, 1.165) is 29.8 Å². The van der Waals surface area contributed by atoms with Gasteiger partial charge in [-0.1, -0.05) is 0 Å². The molecule has 106 valence electrons. The molecule has 20 heavy (non-hydrogen) atoms.